The van der Waals surface area contributed by atoms with Gasteiger partial charge in [0.1, 0.15) is 11.6 Å². The van der Waals surface area contributed by atoms with Crippen LogP contribution >= 0.6 is 12.4 Å². The van der Waals surface area contributed by atoms with Gasteiger partial charge in [-0.3, -0.25) is 4.79 Å². The Morgan fingerprint density at radius 1 is 1.50 bits per heavy atom. The van der Waals surface area contributed by atoms with E-state index >= 15 is 0 Å². The van der Waals surface area contributed by atoms with Crippen molar-refractivity contribution in [3.8, 4) is 0 Å². The Balaban J connectivity index is 0.00000200. The Labute approximate surface area is 123 Å². The summed E-state index contributed by atoms with van der Waals surface area (Å²) in [7, 11) is 0. The minimum Gasteiger partial charge on any atom is -0.356 e. The maximum atomic E-state index is 13.5. The topological polar surface area (TPSA) is 55.1 Å². The number of amides is 1. The van der Waals surface area contributed by atoms with Gasteiger partial charge in [0.05, 0.1) is 0 Å². The molecule has 1 amide bonds. The Bertz CT molecular complexity index is 482. The van der Waals surface area contributed by atoms with Crippen LogP contribution in [0.4, 0.5) is 8.78 Å². The fourth-order valence-electron chi connectivity index (χ4n) is 2.18. The predicted octanol–water partition coefficient (Wildman–Crippen LogP) is 2.34. The summed E-state index contributed by atoms with van der Waals surface area (Å²) >= 11 is 0. The van der Waals surface area contributed by atoms with E-state index in [9.17, 15) is 13.6 Å². The summed E-state index contributed by atoms with van der Waals surface area (Å²) in [5.74, 6) is -1.47. The molecule has 112 valence electrons. The van der Waals surface area contributed by atoms with Crippen molar-refractivity contribution in [2.75, 3.05) is 6.54 Å². The zero-order valence-electron chi connectivity index (χ0n) is 11.2. The molecule has 1 aromatic rings. The molecule has 1 fully saturated rings. The predicted molar refractivity (Wildman–Crippen MR) is 75.7 cm³/mol. The number of nitrogens with two attached hydrogens (primary N) is 1. The molecule has 1 aliphatic rings. The number of benzene rings is 1. The van der Waals surface area contributed by atoms with Crippen LogP contribution in [0.5, 0.6) is 0 Å². The molecule has 3 N–H and O–H groups in total. The molecule has 3 unspecified atom stereocenters. The van der Waals surface area contributed by atoms with Crippen molar-refractivity contribution >= 4 is 18.3 Å². The number of carbonyl (C=O) groups excluding carboxylic acids is 1. The van der Waals surface area contributed by atoms with Crippen LogP contribution in [0.25, 0.3) is 0 Å². The molecule has 0 heterocycles. The number of halogens is 3. The van der Waals surface area contributed by atoms with Crippen molar-refractivity contribution in [1.29, 1.82) is 0 Å². The number of rotatable bonds is 5. The van der Waals surface area contributed by atoms with E-state index in [-0.39, 0.29) is 36.2 Å². The van der Waals surface area contributed by atoms with Crippen LogP contribution in [-0.4, -0.2) is 18.5 Å². The van der Waals surface area contributed by atoms with E-state index in [4.69, 9.17) is 5.73 Å². The summed E-state index contributed by atoms with van der Waals surface area (Å²) < 4.78 is 26.6. The molecule has 6 heteroatoms. The second-order valence-electron chi connectivity index (χ2n) is 5.17. The summed E-state index contributed by atoms with van der Waals surface area (Å²) in [6, 6.07) is 3.40. The van der Waals surface area contributed by atoms with E-state index in [1.165, 1.54) is 6.07 Å². The fourth-order valence-corrected chi connectivity index (χ4v) is 2.18. The zero-order chi connectivity index (χ0) is 14.0. The van der Waals surface area contributed by atoms with Crippen LogP contribution in [0.15, 0.2) is 18.2 Å². The first kappa shape index (κ1) is 16.9. The Morgan fingerprint density at radius 3 is 2.85 bits per heavy atom. The minimum absolute atomic E-state index is 0. The van der Waals surface area contributed by atoms with Crippen molar-refractivity contribution in [2.45, 2.75) is 31.7 Å². The van der Waals surface area contributed by atoms with E-state index in [0.29, 0.717) is 24.9 Å². The molecule has 0 radical (unpaired) electrons. The average Bonchev–Trinajstić information content (AvgIpc) is 3.11. The number of hydrogen-bond acceptors (Lipinski definition) is 2. The molecule has 2 rings (SSSR count). The third-order valence-electron chi connectivity index (χ3n) is 3.38. The van der Waals surface area contributed by atoms with Gasteiger partial charge in [-0.25, -0.2) is 8.78 Å². The van der Waals surface area contributed by atoms with Gasteiger partial charge in [-0.1, -0.05) is 0 Å². The summed E-state index contributed by atoms with van der Waals surface area (Å²) in [4.78, 5) is 11.8. The van der Waals surface area contributed by atoms with Gasteiger partial charge in [0, 0.05) is 18.5 Å². The van der Waals surface area contributed by atoms with Crippen molar-refractivity contribution < 1.29 is 13.6 Å². The first-order valence-corrected chi connectivity index (χ1v) is 6.47. The largest absolute Gasteiger partial charge is 0.356 e. The molecule has 20 heavy (non-hydrogen) atoms. The van der Waals surface area contributed by atoms with Crippen molar-refractivity contribution in [2.24, 2.45) is 11.7 Å². The summed E-state index contributed by atoms with van der Waals surface area (Å²) in [5.41, 5.74) is 5.88. The minimum atomic E-state index is -0.473. The number of hydrogen-bond donors (Lipinski definition) is 2. The molecule has 1 aliphatic carbocycles. The summed E-state index contributed by atoms with van der Waals surface area (Å²) in [5, 5.41) is 2.77. The zero-order valence-corrected chi connectivity index (χ0v) is 12.1. The Morgan fingerprint density at radius 2 is 2.20 bits per heavy atom. The van der Waals surface area contributed by atoms with Gasteiger partial charge in [-0.2, -0.15) is 0 Å². The SMILES string of the molecule is CC(N)CCNC(=O)C1CC1c1cc(F)ccc1F.Cl. The van der Waals surface area contributed by atoms with E-state index in [1.807, 2.05) is 6.92 Å². The molecule has 1 aromatic carbocycles. The average molecular weight is 305 g/mol. The van der Waals surface area contributed by atoms with Crippen LogP contribution in [0.1, 0.15) is 31.2 Å². The van der Waals surface area contributed by atoms with Crippen LogP contribution in [-0.2, 0) is 4.79 Å². The van der Waals surface area contributed by atoms with E-state index < -0.39 is 11.6 Å². The second-order valence-corrected chi connectivity index (χ2v) is 5.17. The molecular formula is C14H19ClF2N2O. The maximum Gasteiger partial charge on any atom is 0.223 e. The quantitative estimate of drug-likeness (QED) is 0.877. The lowest BCUT2D eigenvalue weighted by molar-refractivity contribution is -0.122. The Hall–Kier alpha value is -1.20. The number of nitrogens with one attached hydrogen (secondary N) is 1. The number of carbonyl (C=O) groups is 1. The van der Waals surface area contributed by atoms with E-state index in [1.54, 1.807) is 0 Å². The monoisotopic (exact) mass is 304 g/mol. The van der Waals surface area contributed by atoms with Crippen LogP contribution < -0.4 is 11.1 Å². The molecule has 0 aliphatic heterocycles. The lowest BCUT2D eigenvalue weighted by Crippen LogP contribution is -2.30. The maximum absolute atomic E-state index is 13.5. The van der Waals surface area contributed by atoms with Crippen LogP contribution in [0, 0.1) is 17.6 Å². The molecular weight excluding hydrogens is 286 g/mol. The van der Waals surface area contributed by atoms with E-state index in [2.05, 4.69) is 5.32 Å². The lowest BCUT2D eigenvalue weighted by atomic mass is 10.1. The van der Waals surface area contributed by atoms with Gasteiger partial charge in [0.2, 0.25) is 5.91 Å². The highest BCUT2D eigenvalue weighted by Crippen LogP contribution is 2.48. The molecule has 3 atom stereocenters. The summed E-state index contributed by atoms with van der Waals surface area (Å²) in [6.07, 6.45) is 1.28. The van der Waals surface area contributed by atoms with Gasteiger partial charge in [0.25, 0.3) is 0 Å². The fraction of sp³-hybridized carbons (Fsp3) is 0.500. The van der Waals surface area contributed by atoms with E-state index in [0.717, 1.165) is 12.1 Å². The first-order chi connectivity index (χ1) is 8.99. The first-order valence-electron chi connectivity index (χ1n) is 6.47. The molecule has 0 saturated heterocycles. The van der Waals surface area contributed by atoms with Gasteiger partial charge in [0.15, 0.2) is 0 Å². The highest BCUT2D eigenvalue weighted by Gasteiger charge is 2.45. The van der Waals surface area contributed by atoms with Gasteiger partial charge in [-0.05, 0) is 49.4 Å². The van der Waals surface area contributed by atoms with Gasteiger partial charge in [-0.15, -0.1) is 12.4 Å². The Kier molecular flexibility index (Phi) is 5.89. The molecule has 3 nitrogen and oxygen atoms in total. The van der Waals surface area contributed by atoms with Crippen LogP contribution in [0.3, 0.4) is 0 Å². The lowest BCUT2D eigenvalue weighted by Gasteiger charge is -2.07. The van der Waals surface area contributed by atoms with Gasteiger partial charge >= 0.3 is 0 Å². The molecule has 0 aromatic heterocycles. The normalized spacial score (nSPS) is 21.8. The van der Waals surface area contributed by atoms with Crippen molar-refractivity contribution in [3.05, 3.63) is 35.4 Å². The summed E-state index contributed by atoms with van der Waals surface area (Å²) in [6.45, 7) is 2.39. The molecule has 0 spiro atoms. The smallest absolute Gasteiger partial charge is 0.223 e. The molecule has 1 saturated carbocycles. The molecule has 0 bridgehead atoms. The highest BCUT2D eigenvalue weighted by atomic mass is 35.5. The third-order valence-corrected chi connectivity index (χ3v) is 3.38. The second kappa shape index (κ2) is 6.99. The highest BCUT2D eigenvalue weighted by molar-refractivity contribution is 5.85. The standard InChI is InChI=1S/C14H18F2N2O.ClH/c1-8(17)4-5-18-14(19)12-7-10(12)11-6-9(15)2-3-13(11)16;/h2-3,6,8,10,12H,4-5,7,17H2,1H3,(H,18,19);1H. The third kappa shape index (κ3) is 4.15. The van der Waals surface area contributed by atoms with Crippen molar-refractivity contribution in [3.63, 3.8) is 0 Å². The van der Waals surface area contributed by atoms with Gasteiger partial charge < -0.3 is 11.1 Å². The van der Waals surface area contributed by atoms with Crippen molar-refractivity contribution in [1.82, 2.24) is 5.32 Å². The van der Waals surface area contributed by atoms with Crippen LogP contribution in [0.2, 0.25) is 0 Å².